The van der Waals surface area contributed by atoms with Crippen molar-refractivity contribution in [3.8, 4) is 11.5 Å². The Balaban J connectivity index is 2.13. The number of carbonyl (C=O) groups is 2. The highest BCUT2D eigenvalue weighted by atomic mass is 32.2. The average Bonchev–Trinajstić information content (AvgIpc) is 2.93. The van der Waals surface area contributed by atoms with E-state index < -0.39 is 0 Å². The predicted molar refractivity (Wildman–Crippen MR) is 87.7 cm³/mol. The zero-order valence-corrected chi connectivity index (χ0v) is 14.4. The lowest BCUT2D eigenvalue weighted by atomic mass is 10.1. The van der Waals surface area contributed by atoms with Crippen molar-refractivity contribution in [3.05, 3.63) is 23.8 Å². The summed E-state index contributed by atoms with van der Waals surface area (Å²) in [6, 6.07) is 5.60. The van der Waals surface area contributed by atoms with Crippen LogP contribution in [0.25, 0.3) is 0 Å². The Morgan fingerprint density at radius 1 is 1.30 bits per heavy atom. The number of nitrogens with zero attached hydrogens (tertiary/aromatic N) is 1. The third-order valence-electron chi connectivity index (χ3n) is 3.52. The fourth-order valence-electron chi connectivity index (χ4n) is 2.42. The van der Waals surface area contributed by atoms with Gasteiger partial charge in [0.2, 0.25) is 5.91 Å². The molecule has 1 aromatic rings. The molecule has 0 bridgehead atoms. The molecule has 0 aliphatic carbocycles. The zero-order valence-electron chi connectivity index (χ0n) is 13.5. The van der Waals surface area contributed by atoms with Gasteiger partial charge in [0.05, 0.1) is 33.0 Å². The van der Waals surface area contributed by atoms with Crippen LogP contribution in [0, 0.1) is 0 Å². The minimum Gasteiger partial charge on any atom is -0.493 e. The summed E-state index contributed by atoms with van der Waals surface area (Å²) in [7, 11) is 3.16. The van der Waals surface area contributed by atoms with E-state index in [-0.39, 0.29) is 23.7 Å². The molecule has 1 unspecified atom stereocenters. The molecule has 23 heavy (non-hydrogen) atoms. The molecule has 1 aliphatic rings. The molecule has 7 heteroatoms. The van der Waals surface area contributed by atoms with Crippen LogP contribution in [-0.4, -0.2) is 49.9 Å². The summed E-state index contributed by atoms with van der Waals surface area (Å²) < 4.78 is 15.5. The number of carbonyl (C=O) groups excluding carboxylic acids is 2. The van der Waals surface area contributed by atoms with Crippen molar-refractivity contribution in [1.82, 2.24) is 4.90 Å². The summed E-state index contributed by atoms with van der Waals surface area (Å²) >= 11 is 1.54. The van der Waals surface area contributed by atoms with Gasteiger partial charge in [0.1, 0.15) is 5.37 Å². The van der Waals surface area contributed by atoms with Gasteiger partial charge in [0.25, 0.3) is 0 Å². The van der Waals surface area contributed by atoms with Crippen LogP contribution < -0.4 is 9.47 Å². The maximum absolute atomic E-state index is 12.1. The molecule has 0 radical (unpaired) electrons. The van der Waals surface area contributed by atoms with E-state index in [0.717, 1.165) is 5.56 Å². The minimum absolute atomic E-state index is 0.0269. The summed E-state index contributed by atoms with van der Waals surface area (Å²) in [4.78, 5) is 25.3. The van der Waals surface area contributed by atoms with Crippen molar-refractivity contribution in [1.29, 1.82) is 0 Å². The smallest absolute Gasteiger partial charge is 0.307 e. The largest absolute Gasteiger partial charge is 0.493 e. The maximum Gasteiger partial charge on any atom is 0.307 e. The normalized spacial score (nSPS) is 17.3. The number of thioether (sulfide) groups is 1. The molecule has 1 amide bonds. The lowest BCUT2D eigenvalue weighted by molar-refractivity contribution is -0.143. The molecule has 1 aromatic carbocycles. The van der Waals surface area contributed by atoms with Crippen LogP contribution in [0.2, 0.25) is 0 Å². The molecule has 0 N–H and O–H groups in total. The van der Waals surface area contributed by atoms with Crippen molar-refractivity contribution in [2.45, 2.75) is 18.7 Å². The molecule has 0 aromatic heterocycles. The second kappa shape index (κ2) is 8.10. The third-order valence-corrected chi connectivity index (χ3v) is 4.78. The van der Waals surface area contributed by atoms with E-state index in [0.29, 0.717) is 30.4 Å². The first-order valence-corrected chi connectivity index (χ1v) is 8.44. The number of ether oxygens (including phenoxy) is 3. The molecule has 2 rings (SSSR count). The monoisotopic (exact) mass is 339 g/mol. The minimum atomic E-state index is -0.289. The number of hydrogen-bond donors (Lipinski definition) is 0. The van der Waals surface area contributed by atoms with Gasteiger partial charge in [-0.05, 0) is 24.6 Å². The van der Waals surface area contributed by atoms with Gasteiger partial charge in [0.15, 0.2) is 11.5 Å². The highest BCUT2D eigenvalue weighted by molar-refractivity contribution is 8.00. The van der Waals surface area contributed by atoms with Crippen molar-refractivity contribution in [2.24, 2.45) is 0 Å². The molecule has 0 spiro atoms. The van der Waals surface area contributed by atoms with E-state index in [1.807, 2.05) is 18.2 Å². The molecular formula is C16H21NO5S. The van der Waals surface area contributed by atoms with Crippen LogP contribution in [0.15, 0.2) is 18.2 Å². The molecule has 6 nitrogen and oxygen atoms in total. The summed E-state index contributed by atoms with van der Waals surface area (Å²) in [5.74, 6) is 1.41. The quantitative estimate of drug-likeness (QED) is 0.710. The van der Waals surface area contributed by atoms with Crippen LogP contribution in [0.4, 0.5) is 0 Å². The van der Waals surface area contributed by atoms with Gasteiger partial charge < -0.3 is 19.1 Å². The SMILES string of the molecule is CCOC(=O)CCN1C(=O)CSC1c1ccc(OC)c(OC)c1. The standard InChI is InChI=1S/C16H21NO5S/c1-4-22-15(19)7-8-17-14(18)10-23-16(17)11-5-6-12(20-2)13(9-11)21-3/h5-6,9,16H,4,7-8,10H2,1-3H3. The number of hydrogen-bond acceptors (Lipinski definition) is 6. The van der Waals surface area contributed by atoms with Crippen LogP contribution in [0.3, 0.4) is 0 Å². The molecular weight excluding hydrogens is 318 g/mol. The Labute approximate surface area is 140 Å². The van der Waals surface area contributed by atoms with Crippen LogP contribution in [0.1, 0.15) is 24.3 Å². The zero-order chi connectivity index (χ0) is 16.8. The number of rotatable bonds is 7. The van der Waals surface area contributed by atoms with E-state index in [4.69, 9.17) is 14.2 Å². The Bertz CT molecular complexity index is 578. The van der Waals surface area contributed by atoms with Gasteiger partial charge in [-0.15, -0.1) is 11.8 Å². The van der Waals surface area contributed by atoms with Gasteiger partial charge in [-0.1, -0.05) is 6.07 Å². The Kier molecular flexibility index (Phi) is 6.15. The highest BCUT2D eigenvalue weighted by Gasteiger charge is 2.33. The number of amides is 1. The Hall–Kier alpha value is -1.89. The summed E-state index contributed by atoms with van der Waals surface area (Å²) in [5, 5.41) is -0.128. The highest BCUT2D eigenvalue weighted by Crippen LogP contribution is 2.41. The van der Waals surface area contributed by atoms with Gasteiger partial charge in [0, 0.05) is 6.54 Å². The predicted octanol–water partition coefficient (Wildman–Crippen LogP) is 2.23. The van der Waals surface area contributed by atoms with Crippen LogP contribution >= 0.6 is 11.8 Å². The van der Waals surface area contributed by atoms with Crippen molar-refractivity contribution < 1.29 is 23.8 Å². The van der Waals surface area contributed by atoms with Gasteiger partial charge >= 0.3 is 5.97 Å². The fraction of sp³-hybridized carbons (Fsp3) is 0.500. The maximum atomic E-state index is 12.1. The van der Waals surface area contributed by atoms with E-state index in [2.05, 4.69) is 0 Å². The average molecular weight is 339 g/mol. The van der Waals surface area contributed by atoms with Gasteiger partial charge in [-0.3, -0.25) is 9.59 Å². The Morgan fingerprint density at radius 2 is 2.04 bits per heavy atom. The van der Waals surface area contributed by atoms with Crippen molar-refractivity contribution >= 4 is 23.6 Å². The molecule has 1 aliphatic heterocycles. The lowest BCUT2D eigenvalue weighted by Crippen LogP contribution is -2.30. The second-order valence-corrected chi connectivity index (χ2v) is 5.99. The van der Waals surface area contributed by atoms with E-state index in [1.54, 1.807) is 26.0 Å². The number of benzene rings is 1. The summed E-state index contributed by atoms with van der Waals surface area (Å²) in [5.41, 5.74) is 0.947. The molecule has 1 fully saturated rings. The van der Waals surface area contributed by atoms with Crippen LogP contribution in [0.5, 0.6) is 11.5 Å². The van der Waals surface area contributed by atoms with E-state index in [1.165, 1.54) is 11.8 Å². The third kappa shape index (κ3) is 4.10. The number of esters is 1. The summed E-state index contributed by atoms with van der Waals surface area (Å²) in [6.45, 7) is 2.46. The van der Waals surface area contributed by atoms with Crippen LogP contribution in [-0.2, 0) is 14.3 Å². The summed E-state index contributed by atoms with van der Waals surface area (Å²) in [6.07, 6.45) is 0.198. The van der Waals surface area contributed by atoms with Crippen molar-refractivity contribution in [2.75, 3.05) is 33.1 Å². The molecule has 1 saturated heterocycles. The topological polar surface area (TPSA) is 65.1 Å². The van der Waals surface area contributed by atoms with Gasteiger partial charge in [-0.25, -0.2) is 0 Å². The van der Waals surface area contributed by atoms with Gasteiger partial charge in [-0.2, -0.15) is 0 Å². The lowest BCUT2D eigenvalue weighted by Gasteiger charge is -2.24. The first kappa shape index (κ1) is 17.5. The molecule has 1 heterocycles. The first-order chi connectivity index (χ1) is 11.1. The molecule has 126 valence electrons. The van der Waals surface area contributed by atoms with E-state index >= 15 is 0 Å². The molecule has 1 atom stereocenters. The first-order valence-electron chi connectivity index (χ1n) is 7.39. The van der Waals surface area contributed by atoms with Crippen molar-refractivity contribution in [3.63, 3.8) is 0 Å². The fourth-order valence-corrected chi connectivity index (χ4v) is 3.63. The number of methoxy groups -OCH3 is 2. The molecule has 0 saturated carbocycles. The second-order valence-electron chi connectivity index (χ2n) is 4.92. The van der Waals surface area contributed by atoms with E-state index in [9.17, 15) is 9.59 Å². The Morgan fingerprint density at radius 3 is 2.70 bits per heavy atom.